The van der Waals surface area contributed by atoms with E-state index in [1.807, 2.05) is 11.3 Å². The summed E-state index contributed by atoms with van der Waals surface area (Å²) in [7, 11) is 0. The molecule has 1 nitrogen and oxygen atoms in total. The molecule has 1 aliphatic rings. The lowest BCUT2D eigenvalue weighted by molar-refractivity contribution is 0.277. The lowest BCUT2D eigenvalue weighted by Crippen LogP contribution is -2.14. The molecule has 0 unspecified atom stereocenters. The highest BCUT2D eigenvalue weighted by atomic mass is 79.9. The van der Waals surface area contributed by atoms with Crippen LogP contribution in [0, 0.1) is 0 Å². The molecule has 0 radical (unpaired) electrons. The van der Waals surface area contributed by atoms with Crippen LogP contribution in [0.25, 0.3) is 0 Å². The van der Waals surface area contributed by atoms with Gasteiger partial charge in [0.2, 0.25) is 0 Å². The normalized spacial score (nSPS) is 15.3. The van der Waals surface area contributed by atoms with E-state index in [1.165, 1.54) is 20.5 Å². The van der Waals surface area contributed by atoms with E-state index in [0.29, 0.717) is 0 Å². The topological polar surface area (TPSA) is 3.24 Å². The Morgan fingerprint density at radius 1 is 1.12 bits per heavy atom. The molecular formula is C13H12BrNS. The molecule has 0 saturated carbocycles. The van der Waals surface area contributed by atoms with Crippen molar-refractivity contribution < 1.29 is 0 Å². The van der Waals surface area contributed by atoms with Gasteiger partial charge in [-0.05, 0) is 38.5 Å². The first-order valence-corrected chi connectivity index (χ1v) is 7.01. The monoisotopic (exact) mass is 293 g/mol. The third-order valence-corrected chi connectivity index (χ3v) is 4.88. The predicted molar refractivity (Wildman–Crippen MR) is 71.4 cm³/mol. The largest absolute Gasteiger partial charge is 0.290 e. The zero-order valence-corrected chi connectivity index (χ0v) is 11.2. The minimum Gasteiger partial charge on any atom is -0.290 e. The smallest absolute Gasteiger partial charge is 0.0346 e. The minimum absolute atomic E-state index is 1.05. The number of hydrogen-bond acceptors (Lipinski definition) is 2. The number of hydrogen-bond donors (Lipinski definition) is 0. The second-order valence-corrected chi connectivity index (χ2v) is 5.96. The first-order valence-electron chi connectivity index (χ1n) is 5.34. The van der Waals surface area contributed by atoms with Gasteiger partial charge in [0.25, 0.3) is 0 Å². The fourth-order valence-corrected chi connectivity index (χ4v) is 3.68. The molecule has 2 heterocycles. The van der Waals surface area contributed by atoms with Crippen LogP contribution in [-0.2, 0) is 19.6 Å². The van der Waals surface area contributed by atoms with Gasteiger partial charge in [-0.25, -0.2) is 0 Å². The van der Waals surface area contributed by atoms with Crippen molar-refractivity contribution >= 4 is 27.3 Å². The van der Waals surface area contributed by atoms with Crippen LogP contribution in [0.2, 0.25) is 0 Å². The van der Waals surface area contributed by atoms with Gasteiger partial charge < -0.3 is 0 Å². The molecule has 1 aromatic carbocycles. The van der Waals surface area contributed by atoms with E-state index in [9.17, 15) is 0 Å². The quantitative estimate of drug-likeness (QED) is 0.808. The molecule has 0 spiro atoms. The molecule has 82 valence electrons. The van der Waals surface area contributed by atoms with Crippen LogP contribution in [0.4, 0.5) is 0 Å². The summed E-state index contributed by atoms with van der Waals surface area (Å²) in [6.07, 6.45) is 0. The molecule has 0 fully saturated rings. The Labute approximate surface area is 108 Å². The summed E-state index contributed by atoms with van der Waals surface area (Å²) in [6, 6.07) is 10.9. The van der Waals surface area contributed by atoms with Gasteiger partial charge in [0.1, 0.15) is 0 Å². The zero-order chi connectivity index (χ0) is 11.0. The summed E-state index contributed by atoms with van der Waals surface area (Å²) in [4.78, 5) is 3.91. The molecule has 16 heavy (non-hydrogen) atoms. The van der Waals surface area contributed by atoms with Crippen molar-refractivity contribution in [2.45, 2.75) is 19.6 Å². The molecule has 1 aliphatic heterocycles. The maximum absolute atomic E-state index is 3.59. The third kappa shape index (κ3) is 1.95. The SMILES string of the molecule is Brc1ccsc1CN1Cc2ccccc2C1. The van der Waals surface area contributed by atoms with Gasteiger partial charge in [-0.3, -0.25) is 4.90 Å². The number of rotatable bonds is 2. The molecule has 0 aliphatic carbocycles. The molecule has 0 saturated heterocycles. The fourth-order valence-electron chi connectivity index (χ4n) is 2.16. The molecular weight excluding hydrogens is 282 g/mol. The highest BCUT2D eigenvalue weighted by Gasteiger charge is 2.19. The average molecular weight is 294 g/mol. The van der Waals surface area contributed by atoms with E-state index in [1.54, 1.807) is 0 Å². The molecule has 0 atom stereocenters. The molecule has 0 amide bonds. The summed E-state index contributed by atoms with van der Waals surface area (Å²) in [5.41, 5.74) is 2.96. The standard InChI is InChI=1S/C13H12BrNS/c14-12-5-6-16-13(12)9-15-7-10-3-1-2-4-11(10)8-15/h1-6H,7-9H2. The fraction of sp³-hybridized carbons (Fsp3) is 0.231. The summed E-state index contributed by atoms with van der Waals surface area (Å²) in [6.45, 7) is 3.22. The summed E-state index contributed by atoms with van der Waals surface area (Å²) in [5, 5.41) is 2.14. The molecule has 1 aromatic heterocycles. The summed E-state index contributed by atoms with van der Waals surface area (Å²) < 4.78 is 1.24. The molecule has 0 N–H and O–H groups in total. The van der Waals surface area contributed by atoms with Crippen LogP contribution >= 0.6 is 27.3 Å². The Morgan fingerprint density at radius 3 is 2.38 bits per heavy atom. The highest BCUT2D eigenvalue weighted by molar-refractivity contribution is 9.10. The highest BCUT2D eigenvalue weighted by Crippen LogP contribution is 2.28. The molecule has 3 rings (SSSR count). The Bertz CT molecular complexity index is 481. The third-order valence-electron chi connectivity index (χ3n) is 2.96. The van der Waals surface area contributed by atoms with Crippen molar-refractivity contribution in [3.05, 3.63) is 56.2 Å². The van der Waals surface area contributed by atoms with Crippen LogP contribution in [-0.4, -0.2) is 4.90 Å². The van der Waals surface area contributed by atoms with Gasteiger partial charge in [0.05, 0.1) is 0 Å². The number of fused-ring (bicyclic) bond motifs is 1. The number of nitrogens with zero attached hydrogens (tertiary/aromatic N) is 1. The van der Waals surface area contributed by atoms with Crippen LogP contribution in [0.1, 0.15) is 16.0 Å². The van der Waals surface area contributed by atoms with Crippen LogP contribution in [0.3, 0.4) is 0 Å². The maximum Gasteiger partial charge on any atom is 0.0346 e. The van der Waals surface area contributed by atoms with Crippen molar-refractivity contribution in [1.29, 1.82) is 0 Å². The van der Waals surface area contributed by atoms with E-state index in [-0.39, 0.29) is 0 Å². The van der Waals surface area contributed by atoms with Gasteiger partial charge in [-0.2, -0.15) is 0 Å². The number of halogens is 1. The maximum atomic E-state index is 3.59. The van der Waals surface area contributed by atoms with E-state index in [0.717, 1.165) is 19.6 Å². The lowest BCUT2D eigenvalue weighted by atomic mass is 10.1. The van der Waals surface area contributed by atoms with Gasteiger partial charge in [0, 0.05) is 29.0 Å². The van der Waals surface area contributed by atoms with Crippen molar-refractivity contribution in [3.8, 4) is 0 Å². The Kier molecular flexibility index (Phi) is 2.84. The lowest BCUT2D eigenvalue weighted by Gasteiger charge is -2.13. The van der Waals surface area contributed by atoms with E-state index in [4.69, 9.17) is 0 Å². The van der Waals surface area contributed by atoms with Crippen molar-refractivity contribution in [2.24, 2.45) is 0 Å². The van der Waals surface area contributed by atoms with E-state index in [2.05, 4.69) is 56.5 Å². The Morgan fingerprint density at radius 2 is 1.81 bits per heavy atom. The molecule has 0 bridgehead atoms. The second kappa shape index (κ2) is 4.32. The van der Waals surface area contributed by atoms with Crippen molar-refractivity contribution in [2.75, 3.05) is 0 Å². The first kappa shape index (κ1) is 10.5. The number of thiophene rings is 1. The van der Waals surface area contributed by atoms with E-state index < -0.39 is 0 Å². The van der Waals surface area contributed by atoms with Crippen LogP contribution < -0.4 is 0 Å². The Hall–Kier alpha value is -0.640. The van der Waals surface area contributed by atoms with Crippen LogP contribution in [0.5, 0.6) is 0 Å². The predicted octanol–water partition coefficient (Wildman–Crippen LogP) is 4.03. The molecule has 3 heteroatoms. The summed E-state index contributed by atoms with van der Waals surface area (Å²) in [5.74, 6) is 0. The van der Waals surface area contributed by atoms with Gasteiger partial charge in [-0.1, -0.05) is 24.3 Å². The second-order valence-electron chi connectivity index (χ2n) is 4.11. The van der Waals surface area contributed by atoms with Crippen LogP contribution in [0.15, 0.2) is 40.2 Å². The van der Waals surface area contributed by atoms with Gasteiger partial charge in [-0.15, -0.1) is 11.3 Å². The molecule has 2 aromatic rings. The van der Waals surface area contributed by atoms with Crippen molar-refractivity contribution in [3.63, 3.8) is 0 Å². The summed E-state index contributed by atoms with van der Waals surface area (Å²) >= 11 is 5.42. The Balaban J connectivity index is 1.75. The van der Waals surface area contributed by atoms with Gasteiger partial charge in [0.15, 0.2) is 0 Å². The minimum atomic E-state index is 1.05. The van der Waals surface area contributed by atoms with Gasteiger partial charge >= 0.3 is 0 Å². The zero-order valence-electron chi connectivity index (χ0n) is 8.82. The average Bonchev–Trinajstić information content (AvgIpc) is 2.85. The first-order chi connectivity index (χ1) is 7.83. The number of benzene rings is 1. The van der Waals surface area contributed by atoms with Crippen molar-refractivity contribution in [1.82, 2.24) is 4.90 Å². The van der Waals surface area contributed by atoms with E-state index >= 15 is 0 Å².